The van der Waals surface area contributed by atoms with Gasteiger partial charge in [0, 0.05) is 18.3 Å². The van der Waals surface area contributed by atoms with E-state index in [0.29, 0.717) is 5.75 Å². The largest absolute Gasteiger partial charge is 0.480 e. The standard InChI is InChI=1S/C15H15ClN4O5S/c1-26-5-4-12(15(22)23)19-14(21)9(7-17)8-18-13-6-10(20(24)25)2-3-11(13)16/h2-3,6,8,12,18H,4-5H2,1H3,(H,19,21)(H,22,23)/b9-8-. The fraction of sp³-hybridized carbons (Fsp3) is 0.267. The van der Waals surface area contributed by atoms with Crippen LogP contribution in [0, 0.1) is 21.4 Å². The van der Waals surface area contributed by atoms with E-state index in [1.54, 1.807) is 12.3 Å². The number of non-ortho nitro benzene ring substituents is 1. The molecule has 0 aliphatic carbocycles. The number of benzene rings is 1. The van der Waals surface area contributed by atoms with Crippen molar-refractivity contribution in [2.75, 3.05) is 17.3 Å². The molecule has 3 N–H and O–H groups in total. The maximum atomic E-state index is 12.1. The molecule has 1 atom stereocenters. The summed E-state index contributed by atoms with van der Waals surface area (Å²) >= 11 is 7.34. The summed E-state index contributed by atoms with van der Waals surface area (Å²) in [5.74, 6) is -1.57. The summed E-state index contributed by atoms with van der Waals surface area (Å²) in [5.41, 5.74) is -0.502. The van der Waals surface area contributed by atoms with Gasteiger partial charge in [-0.25, -0.2) is 4.79 Å². The minimum absolute atomic E-state index is 0.124. The molecule has 0 bridgehead atoms. The first-order chi connectivity index (χ1) is 12.3. The maximum absolute atomic E-state index is 12.1. The van der Waals surface area contributed by atoms with Crippen molar-refractivity contribution in [2.24, 2.45) is 0 Å². The summed E-state index contributed by atoms with van der Waals surface area (Å²) in [5, 5.41) is 34.0. The number of carboxylic acid groups (broad SMARTS) is 1. The zero-order valence-electron chi connectivity index (χ0n) is 13.6. The molecule has 1 rings (SSSR count). The molecule has 0 aliphatic rings. The molecular formula is C15H15ClN4O5S. The van der Waals surface area contributed by atoms with E-state index in [0.717, 1.165) is 12.3 Å². The number of hydrogen-bond acceptors (Lipinski definition) is 7. The van der Waals surface area contributed by atoms with Crippen molar-refractivity contribution in [3.63, 3.8) is 0 Å². The second kappa shape index (κ2) is 10.3. The first-order valence-electron chi connectivity index (χ1n) is 7.13. The Hall–Kier alpha value is -2.77. The van der Waals surface area contributed by atoms with E-state index in [9.17, 15) is 19.7 Å². The lowest BCUT2D eigenvalue weighted by Gasteiger charge is -2.13. The number of anilines is 1. The summed E-state index contributed by atoms with van der Waals surface area (Å²) < 4.78 is 0. The van der Waals surface area contributed by atoms with Crippen LogP contribution in [0.2, 0.25) is 5.02 Å². The molecule has 0 saturated carbocycles. The van der Waals surface area contributed by atoms with Crippen molar-refractivity contribution >= 4 is 46.6 Å². The normalized spacial score (nSPS) is 12.0. The van der Waals surface area contributed by atoms with Gasteiger partial charge in [-0.05, 0) is 24.5 Å². The third-order valence-corrected chi connectivity index (χ3v) is 4.09. The molecular weight excluding hydrogens is 384 g/mol. The first-order valence-corrected chi connectivity index (χ1v) is 8.90. The number of nitro groups is 1. The van der Waals surface area contributed by atoms with E-state index in [1.807, 2.05) is 0 Å². The topological polar surface area (TPSA) is 145 Å². The Bertz CT molecular complexity index is 778. The van der Waals surface area contributed by atoms with Gasteiger partial charge in [0.25, 0.3) is 11.6 Å². The summed E-state index contributed by atoms with van der Waals surface area (Å²) in [7, 11) is 0. The molecule has 1 amide bonds. The van der Waals surface area contributed by atoms with Gasteiger partial charge in [-0.15, -0.1) is 0 Å². The number of rotatable bonds is 9. The van der Waals surface area contributed by atoms with Crippen LogP contribution in [-0.2, 0) is 9.59 Å². The molecule has 0 fully saturated rings. The quantitative estimate of drug-likeness (QED) is 0.249. The molecule has 26 heavy (non-hydrogen) atoms. The van der Waals surface area contributed by atoms with E-state index in [4.69, 9.17) is 22.0 Å². The third-order valence-electron chi connectivity index (χ3n) is 3.11. The molecule has 1 aromatic carbocycles. The number of nitro benzene ring substituents is 1. The summed E-state index contributed by atoms with van der Waals surface area (Å²) in [6.45, 7) is 0. The third kappa shape index (κ3) is 6.27. The van der Waals surface area contributed by atoms with Gasteiger partial charge in [-0.2, -0.15) is 17.0 Å². The lowest BCUT2D eigenvalue weighted by molar-refractivity contribution is -0.384. The molecule has 1 unspecified atom stereocenters. The van der Waals surface area contributed by atoms with Crippen LogP contribution in [0.1, 0.15) is 6.42 Å². The van der Waals surface area contributed by atoms with Crippen LogP contribution in [0.3, 0.4) is 0 Å². The lowest BCUT2D eigenvalue weighted by Crippen LogP contribution is -2.41. The fourth-order valence-electron chi connectivity index (χ4n) is 1.77. The van der Waals surface area contributed by atoms with Crippen LogP contribution in [0.4, 0.5) is 11.4 Å². The van der Waals surface area contributed by atoms with E-state index in [2.05, 4.69) is 10.6 Å². The number of halogens is 1. The SMILES string of the molecule is CSCCC(NC(=O)/C(C#N)=C\Nc1cc([N+](=O)[O-])ccc1Cl)C(=O)O. The summed E-state index contributed by atoms with van der Waals surface area (Å²) in [6.07, 6.45) is 3.01. The van der Waals surface area contributed by atoms with E-state index in [-0.39, 0.29) is 22.8 Å². The van der Waals surface area contributed by atoms with Gasteiger partial charge in [0.1, 0.15) is 17.7 Å². The number of carbonyl (C=O) groups is 2. The number of thioether (sulfide) groups is 1. The van der Waals surface area contributed by atoms with Crippen molar-refractivity contribution in [3.05, 3.63) is 45.1 Å². The average molecular weight is 399 g/mol. The van der Waals surface area contributed by atoms with Crippen molar-refractivity contribution in [2.45, 2.75) is 12.5 Å². The van der Waals surface area contributed by atoms with Crippen LogP contribution < -0.4 is 10.6 Å². The minimum atomic E-state index is -1.21. The monoisotopic (exact) mass is 398 g/mol. The number of nitrogens with one attached hydrogen (secondary N) is 2. The number of hydrogen-bond donors (Lipinski definition) is 3. The van der Waals surface area contributed by atoms with Crippen LogP contribution >= 0.6 is 23.4 Å². The highest BCUT2D eigenvalue weighted by atomic mass is 35.5. The first kappa shape index (κ1) is 21.3. The molecule has 0 aromatic heterocycles. The predicted octanol–water partition coefficient (Wildman–Crippen LogP) is 2.39. The molecule has 0 heterocycles. The van der Waals surface area contributed by atoms with Crippen LogP contribution in [0.25, 0.3) is 0 Å². The van der Waals surface area contributed by atoms with Crippen molar-refractivity contribution < 1.29 is 19.6 Å². The van der Waals surface area contributed by atoms with Gasteiger partial charge in [0.15, 0.2) is 0 Å². The second-order valence-electron chi connectivity index (χ2n) is 4.88. The number of nitriles is 1. The molecule has 11 heteroatoms. The van der Waals surface area contributed by atoms with E-state index >= 15 is 0 Å². The van der Waals surface area contributed by atoms with Crippen molar-refractivity contribution in [1.29, 1.82) is 5.26 Å². The van der Waals surface area contributed by atoms with Gasteiger partial charge < -0.3 is 15.7 Å². The summed E-state index contributed by atoms with van der Waals surface area (Å²) in [6, 6.07) is 4.16. The van der Waals surface area contributed by atoms with E-state index in [1.165, 1.54) is 23.9 Å². The highest BCUT2D eigenvalue weighted by Crippen LogP contribution is 2.26. The number of aliphatic carboxylic acids is 1. The number of carbonyl (C=O) groups excluding carboxylic acids is 1. The zero-order valence-corrected chi connectivity index (χ0v) is 15.1. The van der Waals surface area contributed by atoms with Crippen LogP contribution in [-0.4, -0.2) is 40.0 Å². The van der Waals surface area contributed by atoms with Gasteiger partial charge >= 0.3 is 5.97 Å². The second-order valence-corrected chi connectivity index (χ2v) is 6.27. The summed E-state index contributed by atoms with van der Waals surface area (Å²) in [4.78, 5) is 33.4. The van der Waals surface area contributed by atoms with Gasteiger partial charge in [-0.3, -0.25) is 14.9 Å². The minimum Gasteiger partial charge on any atom is -0.480 e. The average Bonchev–Trinajstić information content (AvgIpc) is 2.59. The Morgan fingerprint density at radius 3 is 2.77 bits per heavy atom. The highest BCUT2D eigenvalue weighted by Gasteiger charge is 2.21. The van der Waals surface area contributed by atoms with Crippen LogP contribution in [0.5, 0.6) is 0 Å². The molecule has 1 aromatic rings. The molecule has 9 nitrogen and oxygen atoms in total. The highest BCUT2D eigenvalue weighted by molar-refractivity contribution is 7.98. The molecule has 0 radical (unpaired) electrons. The Balaban J connectivity index is 2.92. The maximum Gasteiger partial charge on any atom is 0.326 e. The predicted molar refractivity (Wildman–Crippen MR) is 98.0 cm³/mol. The molecule has 0 saturated heterocycles. The van der Waals surface area contributed by atoms with E-state index < -0.39 is 28.4 Å². The smallest absolute Gasteiger partial charge is 0.326 e. The molecule has 0 aliphatic heterocycles. The number of amides is 1. The van der Waals surface area contributed by atoms with Gasteiger partial charge in [0.05, 0.1) is 15.6 Å². The Morgan fingerprint density at radius 2 is 2.23 bits per heavy atom. The van der Waals surface area contributed by atoms with Gasteiger partial charge in [0.2, 0.25) is 0 Å². The zero-order chi connectivity index (χ0) is 19.7. The van der Waals surface area contributed by atoms with Crippen LogP contribution in [0.15, 0.2) is 30.0 Å². The molecule has 138 valence electrons. The van der Waals surface area contributed by atoms with Crippen molar-refractivity contribution in [3.8, 4) is 6.07 Å². The fourth-order valence-corrected chi connectivity index (χ4v) is 2.41. The number of carboxylic acids is 1. The lowest BCUT2D eigenvalue weighted by atomic mass is 10.2. The van der Waals surface area contributed by atoms with Crippen molar-refractivity contribution in [1.82, 2.24) is 5.32 Å². The number of nitrogens with zero attached hydrogens (tertiary/aromatic N) is 2. The Labute approximate surface area is 158 Å². The van der Waals surface area contributed by atoms with Gasteiger partial charge in [-0.1, -0.05) is 11.6 Å². The Kier molecular flexibility index (Phi) is 8.41. The molecule has 0 spiro atoms. The Morgan fingerprint density at radius 1 is 1.54 bits per heavy atom.